The van der Waals surface area contributed by atoms with Crippen LogP contribution in [0, 0.1) is 43.6 Å². The number of pyridine rings is 1. The van der Waals surface area contributed by atoms with Gasteiger partial charge in [0.2, 0.25) is 0 Å². The summed E-state index contributed by atoms with van der Waals surface area (Å²) in [5.41, 5.74) is 6.60. The number of nitrogens with zero attached hydrogens (tertiary/aromatic N) is 1. The maximum Gasteiger partial charge on any atom is 0.164 e. The minimum atomic E-state index is -0.417. The van der Waals surface area contributed by atoms with Crippen LogP contribution in [0.3, 0.4) is 0 Å². The third kappa shape index (κ3) is 10.00. The number of hydrogen-bond acceptors (Lipinski definition) is 3. The maximum atomic E-state index is 11.5. The monoisotopic (exact) mass is 707 g/mol. The Bertz CT molecular complexity index is 1290. The normalized spacial score (nSPS) is 13.0. The second kappa shape index (κ2) is 13.9. The van der Waals surface area contributed by atoms with E-state index in [1.165, 1.54) is 40.0 Å². The molecule has 0 spiro atoms. The molecule has 1 N–H and O–H groups in total. The van der Waals surface area contributed by atoms with Crippen LogP contribution in [-0.4, -0.2) is 15.9 Å². The molecule has 39 heavy (non-hydrogen) atoms. The molecule has 3 aromatic rings. The Hall–Kier alpha value is -2.29. The van der Waals surface area contributed by atoms with E-state index in [9.17, 15) is 9.90 Å². The molecule has 0 aliphatic rings. The van der Waals surface area contributed by atoms with Gasteiger partial charge in [-0.25, -0.2) is 0 Å². The number of ketones is 1. The summed E-state index contributed by atoms with van der Waals surface area (Å²) >= 11 is 0. The number of fused-ring (bicyclic) bond motifs is 1. The van der Waals surface area contributed by atoms with E-state index in [2.05, 4.69) is 77.9 Å². The molecule has 1 aromatic heterocycles. The van der Waals surface area contributed by atoms with E-state index in [-0.39, 0.29) is 37.1 Å². The minimum absolute atomic E-state index is 0. The Labute approximate surface area is 250 Å². The SMILES string of the molecule is CC(C)(C)C(=O)/C=C(\O)C(C)(C)C.Cc1[c-]c(-c2nccc3cc(C(C)CC(C)C)c(C)cc23)cc(C)c1.[Ir]. The van der Waals surface area contributed by atoms with Crippen LogP contribution in [0.5, 0.6) is 0 Å². The number of aliphatic hydroxyl groups is 1. The van der Waals surface area contributed by atoms with Crippen LogP contribution in [0.1, 0.15) is 96.9 Å². The van der Waals surface area contributed by atoms with E-state index in [1.807, 2.05) is 47.7 Å². The fourth-order valence-corrected chi connectivity index (χ4v) is 4.51. The first-order valence-electron chi connectivity index (χ1n) is 13.8. The first kappa shape index (κ1) is 34.7. The molecule has 215 valence electrons. The molecule has 3 rings (SSSR count). The van der Waals surface area contributed by atoms with Crippen molar-refractivity contribution in [2.75, 3.05) is 0 Å². The fourth-order valence-electron chi connectivity index (χ4n) is 4.51. The zero-order chi connectivity index (χ0) is 29.0. The van der Waals surface area contributed by atoms with E-state index in [1.54, 1.807) is 0 Å². The molecular formula is C35H48IrNO2-. The Kier molecular flexibility index (Phi) is 12.3. The van der Waals surface area contributed by atoms with E-state index in [4.69, 9.17) is 4.98 Å². The van der Waals surface area contributed by atoms with Crippen LogP contribution in [0.15, 0.2) is 48.4 Å². The van der Waals surface area contributed by atoms with Crippen LogP contribution >= 0.6 is 0 Å². The van der Waals surface area contributed by atoms with Crippen LogP contribution < -0.4 is 0 Å². The van der Waals surface area contributed by atoms with Crippen LogP contribution in [-0.2, 0) is 24.9 Å². The largest absolute Gasteiger partial charge is 0.512 e. The van der Waals surface area contributed by atoms with Gasteiger partial charge in [0.1, 0.15) is 5.76 Å². The quantitative estimate of drug-likeness (QED) is 0.163. The summed E-state index contributed by atoms with van der Waals surface area (Å²) in [7, 11) is 0. The van der Waals surface area contributed by atoms with Gasteiger partial charge in [0.15, 0.2) is 5.78 Å². The van der Waals surface area contributed by atoms with Gasteiger partial charge in [-0.1, -0.05) is 88.3 Å². The number of benzene rings is 2. The summed E-state index contributed by atoms with van der Waals surface area (Å²) in [6.45, 7) is 24.5. The van der Waals surface area contributed by atoms with Gasteiger partial charge in [0.25, 0.3) is 0 Å². The van der Waals surface area contributed by atoms with Gasteiger partial charge in [-0.15, -0.1) is 34.9 Å². The molecule has 0 bridgehead atoms. The molecule has 1 unspecified atom stereocenters. The number of carbonyl (C=O) groups excluding carboxylic acids is 1. The smallest absolute Gasteiger partial charge is 0.164 e. The Morgan fingerprint density at radius 1 is 0.974 bits per heavy atom. The van der Waals surface area contributed by atoms with Gasteiger partial charge in [-0.05, 0) is 58.8 Å². The van der Waals surface area contributed by atoms with Crippen molar-refractivity contribution in [1.29, 1.82) is 0 Å². The molecule has 0 aliphatic carbocycles. The predicted octanol–water partition coefficient (Wildman–Crippen LogP) is 9.86. The number of carbonyl (C=O) groups is 1. The summed E-state index contributed by atoms with van der Waals surface area (Å²) < 4.78 is 0. The molecule has 1 heterocycles. The molecule has 0 saturated carbocycles. The van der Waals surface area contributed by atoms with Gasteiger partial charge in [-0.3, -0.25) is 4.79 Å². The predicted molar refractivity (Wildman–Crippen MR) is 163 cm³/mol. The average molecular weight is 707 g/mol. The van der Waals surface area contributed by atoms with Gasteiger partial charge in [0, 0.05) is 43.2 Å². The van der Waals surface area contributed by atoms with Crippen molar-refractivity contribution >= 4 is 16.6 Å². The van der Waals surface area contributed by atoms with E-state index >= 15 is 0 Å². The number of aromatic nitrogens is 1. The molecule has 1 atom stereocenters. The molecule has 3 nitrogen and oxygen atoms in total. The maximum absolute atomic E-state index is 11.5. The average Bonchev–Trinajstić information content (AvgIpc) is 2.76. The standard InChI is InChI=1S/C24H28N.C11H20O2.Ir/c1-15(2)9-18(5)22-14-20-7-8-25-24(23(20)13-19(22)6)21-11-16(3)10-17(4)12-21;1-10(2,3)8(12)7-9(13)11(4,5)6;/h7-8,10-11,13-15,18H,9H2,1-6H3;7,12H,1-6H3;/q-1;;/b;8-7-;. The molecule has 2 aromatic carbocycles. The van der Waals surface area contributed by atoms with Crippen molar-refractivity contribution in [3.05, 3.63) is 76.7 Å². The van der Waals surface area contributed by atoms with Gasteiger partial charge in [0.05, 0.1) is 0 Å². The van der Waals surface area contributed by atoms with Crippen molar-refractivity contribution in [2.45, 2.75) is 95.4 Å². The van der Waals surface area contributed by atoms with Crippen molar-refractivity contribution in [3.63, 3.8) is 0 Å². The molecule has 0 saturated heterocycles. The number of hydrogen-bond donors (Lipinski definition) is 1. The Balaban J connectivity index is 0.000000466. The molecule has 0 amide bonds. The van der Waals surface area contributed by atoms with Crippen LogP contribution in [0.2, 0.25) is 0 Å². The summed E-state index contributed by atoms with van der Waals surface area (Å²) in [5.74, 6) is 1.39. The fraction of sp³-hybridized carbons (Fsp3) is 0.486. The molecule has 4 heteroatoms. The van der Waals surface area contributed by atoms with Gasteiger partial charge >= 0.3 is 0 Å². The molecule has 0 aliphatic heterocycles. The molecule has 1 radical (unpaired) electrons. The summed E-state index contributed by atoms with van der Waals surface area (Å²) in [4.78, 5) is 16.2. The van der Waals surface area contributed by atoms with Crippen LogP contribution in [0.25, 0.3) is 22.0 Å². The van der Waals surface area contributed by atoms with Crippen molar-refractivity contribution in [1.82, 2.24) is 4.98 Å². The summed E-state index contributed by atoms with van der Waals surface area (Å²) in [6.07, 6.45) is 4.48. The second-order valence-electron chi connectivity index (χ2n) is 13.3. The summed E-state index contributed by atoms with van der Waals surface area (Å²) in [5, 5.41) is 12.1. The minimum Gasteiger partial charge on any atom is -0.512 e. The molecule has 0 fully saturated rings. The van der Waals surface area contributed by atoms with Crippen molar-refractivity contribution in [2.24, 2.45) is 16.7 Å². The Morgan fingerprint density at radius 2 is 1.59 bits per heavy atom. The second-order valence-corrected chi connectivity index (χ2v) is 13.3. The van der Waals surface area contributed by atoms with Gasteiger partial charge < -0.3 is 10.1 Å². The first-order chi connectivity index (χ1) is 17.4. The number of aliphatic hydroxyl groups excluding tert-OH is 1. The van der Waals surface area contributed by atoms with Crippen molar-refractivity contribution in [3.8, 4) is 11.3 Å². The number of rotatable bonds is 5. The van der Waals surface area contributed by atoms with Crippen LogP contribution in [0.4, 0.5) is 0 Å². The first-order valence-corrected chi connectivity index (χ1v) is 13.8. The summed E-state index contributed by atoms with van der Waals surface area (Å²) in [6, 6.07) is 14.6. The zero-order valence-corrected chi connectivity index (χ0v) is 28.4. The Morgan fingerprint density at radius 3 is 2.10 bits per heavy atom. The van der Waals surface area contributed by atoms with E-state index in [0.717, 1.165) is 16.8 Å². The van der Waals surface area contributed by atoms with E-state index in [0.29, 0.717) is 11.8 Å². The van der Waals surface area contributed by atoms with Crippen molar-refractivity contribution < 1.29 is 30.0 Å². The number of allylic oxidation sites excluding steroid dienone is 2. The molecular weight excluding hydrogens is 659 g/mol. The number of aryl methyl sites for hydroxylation is 3. The third-order valence-electron chi connectivity index (χ3n) is 6.69. The zero-order valence-electron chi connectivity index (χ0n) is 26.0. The third-order valence-corrected chi connectivity index (χ3v) is 6.69. The van der Waals surface area contributed by atoms with E-state index < -0.39 is 5.41 Å². The topological polar surface area (TPSA) is 50.2 Å². The van der Waals surface area contributed by atoms with Gasteiger partial charge in [-0.2, -0.15) is 0 Å².